The first-order valence-corrected chi connectivity index (χ1v) is 12.1. The molecule has 0 amide bonds. The minimum atomic E-state index is -1.54. The monoisotopic (exact) mass is 555 g/mol. The van der Waals surface area contributed by atoms with Crippen molar-refractivity contribution in [1.82, 2.24) is 4.72 Å². The molecule has 0 unspecified atom stereocenters. The smallest absolute Gasteiger partial charge is 0.303 e. The molecule has 0 aliphatic carbocycles. The minimum absolute atomic E-state index is 0.109. The molecule has 2 aliphatic rings. The Morgan fingerprint density at radius 2 is 1.32 bits per heavy atom. The lowest BCUT2D eigenvalue weighted by molar-refractivity contribution is -0.287. The summed E-state index contributed by atoms with van der Waals surface area (Å²) >= 11 is 0.846. The highest BCUT2D eigenvalue weighted by Crippen LogP contribution is 2.33. The van der Waals surface area contributed by atoms with Crippen LogP contribution in [0.2, 0.25) is 0 Å². The molecule has 0 bridgehead atoms. The molecule has 2 saturated heterocycles. The second-order valence-electron chi connectivity index (χ2n) is 8.28. The molecular formula is C21H33NO14S. The molecule has 37 heavy (non-hydrogen) atoms. The fraction of sp³-hybridized carbons (Fsp3) is 0.810. The number of hydrogen-bond donors (Lipinski definition) is 4. The molecule has 0 aromatic heterocycles. The summed E-state index contributed by atoms with van der Waals surface area (Å²) in [6.45, 7) is 4.03. The van der Waals surface area contributed by atoms with E-state index in [-0.39, 0.29) is 13.2 Å². The van der Waals surface area contributed by atoms with Gasteiger partial charge in [0.05, 0.1) is 0 Å². The number of carbonyl (C=O) groups excluding carboxylic acids is 4. The SMILES string of the molecule is CO[C@H]1O[C@H](CNS[C@@H]2O[C@H](COC(C)=O)[C@@H](OC(C)=O)[C@H](OC(C)=O)[C@H]2OC(C)=O)[C@@H](O)[C@H](O)[C@H]1O. The van der Waals surface area contributed by atoms with Gasteiger partial charge in [-0.05, 0) is 11.9 Å². The third-order valence-electron chi connectivity index (χ3n) is 5.33. The lowest BCUT2D eigenvalue weighted by atomic mass is 9.99. The summed E-state index contributed by atoms with van der Waals surface area (Å²) in [5.41, 5.74) is -1.10. The van der Waals surface area contributed by atoms with Crippen LogP contribution < -0.4 is 4.72 Å². The Kier molecular flexibility index (Phi) is 12.0. The van der Waals surface area contributed by atoms with Gasteiger partial charge in [0.2, 0.25) is 0 Å². The van der Waals surface area contributed by atoms with E-state index in [2.05, 4.69) is 4.72 Å². The normalized spacial score (nSPS) is 35.8. The molecule has 0 aromatic rings. The molecule has 0 spiro atoms. The highest BCUT2D eigenvalue weighted by atomic mass is 32.2. The summed E-state index contributed by atoms with van der Waals surface area (Å²) < 4.78 is 40.3. The highest BCUT2D eigenvalue weighted by molar-refractivity contribution is 7.97. The van der Waals surface area contributed by atoms with Gasteiger partial charge in [0.1, 0.15) is 37.1 Å². The van der Waals surface area contributed by atoms with E-state index in [1.54, 1.807) is 0 Å². The van der Waals surface area contributed by atoms with Crippen LogP contribution in [0.15, 0.2) is 0 Å². The number of methoxy groups -OCH3 is 1. The van der Waals surface area contributed by atoms with E-state index in [1.807, 2.05) is 0 Å². The minimum Gasteiger partial charge on any atom is -0.463 e. The molecule has 2 heterocycles. The predicted octanol–water partition coefficient (Wildman–Crippen LogP) is -2.24. The van der Waals surface area contributed by atoms with E-state index in [0.717, 1.165) is 39.6 Å². The fourth-order valence-electron chi connectivity index (χ4n) is 3.78. The first-order valence-electron chi connectivity index (χ1n) is 11.3. The Labute approximate surface area is 217 Å². The van der Waals surface area contributed by atoms with E-state index in [4.69, 9.17) is 33.2 Å². The largest absolute Gasteiger partial charge is 0.463 e. The lowest BCUT2D eigenvalue weighted by Gasteiger charge is -2.44. The Morgan fingerprint density at radius 3 is 1.86 bits per heavy atom. The van der Waals surface area contributed by atoms with Gasteiger partial charge in [-0.1, -0.05) is 0 Å². The second-order valence-corrected chi connectivity index (χ2v) is 9.27. The van der Waals surface area contributed by atoms with Crippen molar-refractivity contribution < 1.29 is 67.7 Å². The third kappa shape index (κ3) is 8.75. The van der Waals surface area contributed by atoms with Crippen LogP contribution in [0.25, 0.3) is 0 Å². The highest BCUT2D eigenvalue weighted by Gasteiger charge is 2.52. The van der Waals surface area contributed by atoms with Crippen LogP contribution in [0, 0.1) is 0 Å². The van der Waals surface area contributed by atoms with Crippen LogP contribution in [-0.2, 0) is 52.3 Å². The van der Waals surface area contributed by atoms with Gasteiger partial charge in [-0.25, -0.2) is 0 Å². The zero-order chi connectivity index (χ0) is 27.9. The van der Waals surface area contributed by atoms with Crippen molar-refractivity contribution >= 4 is 35.8 Å². The number of ether oxygens (including phenoxy) is 7. The number of nitrogens with one attached hydrogen (secondary N) is 1. The number of aliphatic hydroxyl groups is 3. The van der Waals surface area contributed by atoms with Crippen LogP contribution >= 0.6 is 11.9 Å². The Hall–Kier alpha value is -2.05. The molecule has 10 atom stereocenters. The van der Waals surface area contributed by atoms with Crippen molar-refractivity contribution in [2.75, 3.05) is 20.3 Å². The van der Waals surface area contributed by atoms with E-state index >= 15 is 0 Å². The Morgan fingerprint density at radius 1 is 0.757 bits per heavy atom. The van der Waals surface area contributed by atoms with Gasteiger partial charge in [-0.2, -0.15) is 0 Å². The summed E-state index contributed by atoms with van der Waals surface area (Å²) in [5.74, 6) is -2.90. The number of esters is 4. The Bertz CT molecular complexity index is 812. The summed E-state index contributed by atoms with van der Waals surface area (Å²) in [6.07, 6.45) is -11.7. The van der Waals surface area contributed by atoms with Crippen molar-refractivity contribution in [1.29, 1.82) is 0 Å². The maximum Gasteiger partial charge on any atom is 0.303 e. The van der Waals surface area contributed by atoms with Crippen molar-refractivity contribution in [2.24, 2.45) is 0 Å². The van der Waals surface area contributed by atoms with Crippen LogP contribution in [0.4, 0.5) is 0 Å². The first-order chi connectivity index (χ1) is 17.3. The third-order valence-corrected chi connectivity index (χ3v) is 6.28. The molecule has 15 nitrogen and oxygen atoms in total. The number of aliphatic hydroxyl groups excluding tert-OH is 3. The van der Waals surface area contributed by atoms with Gasteiger partial charge in [0, 0.05) is 41.3 Å². The quantitative estimate of drug-likeness (QED) is 0.128. The van der Waals surface area contributed by atoms with Crippen molar-refractivity contribution in [3.05, 3.63) is 0 Å². The zero-order valence-electron chi connectivity index (χ0n) is 20.9. The molecule has 0 aromatic carbocycles. The molecule has 2 rings (SSSR count). The number of hydrogen-bond acceptors (Lipinski definition) is 16. The molecule has 0 saturated carbocycles. The van der Waals surface area contributed by atoms with Gasteiger partial charge in [-0.15, -0.1) is 0 Å². The predicted molar refractivity (Wildman–Crippen MR) is 121 cm³/mol. The molecule has 212 valence electrons. The second kappa shape index (κ2) is 14.2. The van der Waals surface area contributed by atoms with E-state index in [0.29, 0.717) is 0 Å². The lowest BCUT2D eigenvalue weighted by Crippen LogP contribution is -2.62. The van der Waals surface area contributed by atoms with Gasteiger partial charge in [0.15, 0.2) is 30.0 Å². The molecule has 4 N–H and O–H groups in total. The van der Waals surface area contributed by atoms with Crippen LogP contribution in [0.5, 0.6) is 0 Å². The topological polar surface area (TPSA) is 206 Å². The van der Waals surface area contributed by atoms with Crippen LogP contribution in [-0.4, -0.2) is 120 Å². The fourth-order valence-corrected chi connectivity index (χ4v) is 4.74. The first kappa shape index (κ1) is 31.2. The van der Waals surface area contributed by atoms with Gasteiger partial charge >= 0.3 is 23.9 Å². The molecule has 0 radical (unpaired) electrons. The van der Waals surface area contributed by atoms with Crippen molar-refractivity contribution in [2.45, 2.75) is 88.3 Å². The van der Waals surface area contributed by atoms with Crippen molar-refractivity contribution in [3.63, 3.8) is 0 Å². The number of carbonyl (C=O) groups is 4. The van der Waals surface area contributed by atoms with Crippen LogP contribution in [0.3, 0.4) is 0 Å². The number of rotatable bonds is 10. The van der Waals surface area contributed by atoms with Gasteiger partial charge < -0.3 is 48.5 Å². The summed E-state index contributed by atoms with van der Waals surface area (Å²) in [5, 5.41) is 30.2. The molecule has 2 fully saturated rings. The van der Waals surface area contributed by atoms with E-state index in [9.17, 15) is 34.5 Å². The molecule has 2 aliphatic heterocycles. The maximum atomic E-state index is 11.9. The average Bonchev–Trinajstić information content (AvgIpc) is 2.80. The van der Waals surface area contributed by atoms with Gasteiger partial charge in [-0.3, -0.25) is 23.9 Å². The summed E-state index contributed by atoms with van der Waals surface area (Å²) in [4.78, 5) is 46.9. The standard InChI is InChI=1S/C21H33NO14S/c1-8(23)31-7-13-17(32-9(2)24)18(33-10(3)25)19(34-11(4)26)21(36-13)37-22-6-12-14(27)15(28)16(29)20(30-5)35-12/h12-22,27-29H,6-7H2,1-5H3/t12-,13-,14-,15+,16-,17-,18+,19-,20+,21+/m1/s1. The zero-order valence-corrected chi connectivity index (χ0v) is 21.7. The Balaban J connectivity index is 2.24. The van der Waals surface area contributed by atoms with Crippen LogP contribution in [0.1, 0.15) is 27.7 Å². The van der Waals surface area contributed by atoms with E-state index < -0.39 is 84.4 Å². The summed E-state index contributed by atoms with van der Waals surface area (Å²) in [6, 6.07) is 0. The molecule has 16 heteroatoms. The van der Waals surface area contributed by atoms with E-state index in [1.165, 1.54) is 7.11 Å². The molecular weight excluding hydrogens is 522 g/mol. The van der Waals surface area contributed by atoms with Crippen molar-refractivity contribution in [3.8, 4) is 0 Å². The van der Waals surface area contributed by atoms with Gasteiger partial charge in [0.25, 0.3) is 0 Å². The maximum absolute atomic E-state index is 11.9. The average molecular weight is 556 g/mol. The summed E-state index contributed by atoms with van der Waals surface area (Å²) in [7, 11) is 1.26.